The van der Waals surface area contributed by atoms with Gasteiger partial charge in [-0.05, 0) is 56.9 Å². The zero-order valence-corrected chi connectivity index (χ0v) is 18.9. The molecule has 0 aliphatic heterocycles. The first-order chi connectivity index (χ1) is 14.9. The van der Waals surface area contributed by atoms with E-state index in [1.54, 1.807) is 0 Å². The lowest BCUT2D eigenvalue weighted by atomic mass is 10.1. The quantitative estimate of drug-likeness (QED) is 0.476. The number of para-hydroxylation sites is 1. The third-order valence-electron chi connectivity index (χ3n) is 5.58. The van der Waals surface area contributed by atoms with Crippen molar-refractivity contribution in [1.82, 2.24) is 19.4 Å². The highest BCUT2D eigenvalue weighted by molar-refractivity contribution is 5.95. The van der Waals surface area contributed by atoms with E-state index in [1.807, 2.05) is 12.3 Å². The first-order valence-corrected chi connectivity index (χ1v) is 10.5. The van der Waals surface area contributed by atoms with Gasteiger partial charge in [0.15, 0.2) is 0 Å². The van der Waals surface area contributed by atoms with Crippen LogP contribution in [0.1, 0.15) is 5.56 Å². The van der Waals surface area contributed by atoms with Gasteiger partial charge in [0.1, 0.15) is 0 Å². The van der Waals surface area contributed by atoms with E-state index in [0.717, 1.165) is 30.0 Å². The Morgan fingerprint density at radius 3 is 2.58 bits per heavy atom. The second kappa shape index (κ2) is 8.78. The second-order valence-electron chi connectivity index (χ2n) is 8.29. The lowest BCUT2D eigenvalue weighted by Crippen LogP contribution is -2.28. The van der Waals surface area contributed by atoms with Crippen molar-refractivity contribution >= 4 is 28.2 Å². The fourth-order valence-electron chi connectivity index (χ4n) is 3.88. The van der Waals surface area contributed by atoms with Crippen molar-refractivity contribution in [2.24, 2.45) is 7.05 Å². The Labute approximate surface area is 184 Å². The molecule has 0 amide bonds. The molecular formula is C25H30N6. The maximum atomic E-state index is 4.79. The van der Waals surface area contributed by atoms with Crippen LogP contribution in [0, 0.1) is 6.92 Å². The summed E-state index contributed by atoms with van der Waals surface area (Å²) in [6.07, 6.45) is 3.93. The van der Waals surface area contributed by atoms with Gasteiger partial charge < -0.3 is 19.7 Å². The maximum absolute atomic E-state index is 4.79. The van der Waals surface area contributed by atoms with Crippen LogP contribution >= 0.6 is 0 Å². The van der Waals surface area contributed by atoms with Gasteiger partial charge in [0.2, 0.25) is 5.95 Å². The molecule has 0 aliphatic carbocycles. The summed E-state index contributed by atoms with van der Waals surface area (Å²) in [5.41, 5.74) is 6.64. The van der Waals surface area contributed by atoms with E-state index in [1.165, 1.54) is 22.2 Å². The molecule has 4 aromatic rings. The number of anilines is 3. The number of likely N-dealkylation sites (N-methyl/N-ethyl adjacent to an activating group) is 2. The Morgan fingerprint density at radius 2 is 1.81 bits per heavy atom. The van der Waals surface area contributed by atoms with E-state index in [-0.39, 0.29) is 0 Å². The normalized spacial score (nSPS) is 11.3. The molecule has 2 aromatic heterocycles. The van der Waals surface area contributed by atoms with Crippen molar-refractivity contribution in [3.63, 3.8) is 0 Å². The minimum absolute atomic E-state index is 0.596. The molecule has 160 valence electrons. The molecule has 0 saturated heterocycles. The molecule has 0 fully saturated rings. The van der Waals surface area contributed by atoms with Crippen molar-refractivity contribution < 1.29 is 0 Å². The average Bonchev–Trinajstić information content (AvgIpc) is 3.09. The van der Waals surface area contributed by atoms with Gasteiger partial charge in [-0.1, -0.05) is 18.2 Å². The molecule has 6 heteroatoms. The van der Waals surface area contributed by atoms with Crippen LogP contribution in [-0.2, 0) is 7.05 Å². The van der Waals surface area contributed by atoms with E-state index in [2.05, 4.69) is 108 Å². The number of rotatable bonds is 7. The predicted octanol–water partition coefficient (Wildman–Crippen LogP) is 4.69. The number of aryl methyl sites for hydroxylation is 2. The molecule has 0 radical (unpaired) electrons. The topological polar surface area (TPSA) is 49.2 Å². The standard InChI is InChI=1S/C25H30N6/c1-18-16-19(10-11-23(18)30(4)15-14-29(2)3)27-25-26-13-12-22(28-25)21-17-31(5)24-9-7-6-8-20(21)24/h6-13,16-17H,14-15H2,1-5H3,(H,26,27,28). The molecule has 0 bridgehead atoms. The monoisotopic (exact) mass is 414 g/mol. The molecule has 4 rings (SSSR count). The highest BCUT2D eigenvalue weighted by atomic mass is 15.2. The maximum Gasteiger partial charge on any atom is 0.227 e. The SMILES string of the molecule is Cc1cc(Nc2nccc(-c3cn(C)c4ccccc34)n2)ccc1N(C)CCN(C)C. The van der Waals surface area contributed by atoms with E-state index < -0.39 is 0 Å². The van der Waals surface area contributed by atoms with Gasteiger partial charge in [-0.25, -0.2) is 9.97 Å². The molecule has 1 N–H and O–H groups in total. The smallest absolute Gasteiger partial charge is 0.227 e. The van der Waals surface area contributed by atoms with Crippen molar-refractivity contribution in [2.45, 2.75) is 6.92 Å². The largest absolute Gasteiger partial charge is 0.373 e. The molecule has 2 heterocycles. The summed E-state index contributed by atoms with van der Waals surface area (Å²) in [6, 6.07) is 16.7. The van der Waals surface area contributed by atoms with Gasteiger partial charge >= 0.3 is 0 Å². The summed E-state index contributed by atoms with van der Waals surface area (Å²) in [4.78, 5) is 13.7. The molecule has 2 aromatic carbocycles. The zero-order chi connectivity index (χ0) is 22.0. The number of hydrogen-bond acceptors (Lipinski definition) is 5. The number of nitrogens with one attached hydrogen (secondary N) is 1. The second-order valence-corrected chi connectivity index (χ2v) is 8.29. The molecule has 0 aliphatic rings. The zero-order valence-electron chi connectivity index (χ0n) is 18.9. The molecule has 0 spiro atoms. The van der Waals surface area contributed by atoms with E-state index in [4.69, 9.17) is 4.98 Å². The third-order valence-corrected chi connectivity index (χ3v) is 5.58. The molecular weight excluding hydrogens is 384 g/mol. The van der Waals surface area contributed by atoms with Gasteiger partial charge in [0.25, 0.3) is 0 Å². The van der Waals surface area contributed by atoms with E-state index >= 15 is 0 Å². The highest BCUT2D eigenvalue weighted by Gasteiger charge is 2.11. The van der Waals surface area contributed by atoms with Crippen LogP contribution in [0.25, 0.3) is 22.2 Å². The van der Waals surface area contributed by atoms with Crippen LogP contribution in [-0.4, -0.2) is 53.7 Å². The first kappa shape index (κ1) is 20.9. The predicted molar refractivity (Wildman–Crippen MR) is 130 cm³/mol. The van der Waals surface area contributed by atoms with E-state index in [9.17, 15) is 0 Å². The summed E-state index contributed by atoms with van der Waals surface area (Å²) >= 11 is 0. The van der Waals surface area contributed by atoms with Crippen molar-refractivity contribution in [3.8, 4) is 11.3 Å². The Kier molecular flexibility index (Phi) is 5.91. The summed E-state index contributed by atoms with van der Waals surface area (Å²) < 4.78 is 2.13. The fourth-order valence-corrected chi connectivity index (χ4v) is 3.88. The van der Waals surface area contributed by atoms with Crippen LogP contribution in [0.5, 0.6) is 0 Å². The van der Waals surface area contributed by atoms with Crippen molar-refractivity contribution in [3.05, 3.63) is 66.5 Å². The van der Waals surface area contributed by atoms with Gasteiger partial charge in [-0.2, -0.15) is 0 Å². The summed E-state index contributed by atoms with van der Waals surface area (Å²) in [5.74, 6) is 0.596. The average molecular weight is 415 g/mol. The van der Waals surface area contributed by atoms with Crippen molar-refractivity contribution in [1.29, 1.82) is 0 Å². The third kappa shape index (κ3) is 4.54. The molecule has 6 nitrogen and oxygen atoms in total. The molecule has 31 heavy (non-hydrogen) atoms. The number of hydrogen-bond donors (Lipinski definition) is 1. The van der Waals surface area contributed by atoms with Crippen LogP contribution in [0.15, 0.2) is 60.9 Å². The number of fused-ring (bicyclic) bond motifs is 1. The van der Waals surface area contributed by atoms with Gasteiger partial charge in [0.05, 0.1) is 5.69 Å². The summed E-state index contributed by atoms with van der Waals surface area (Å²) in [7, 11) is 8.39. The summed E-state index contributed by atoms with van der Waals surface area (Å²) in [5, 5.41) is 4.56. The van der Waals surface area contributed by atoms with E-state index in [0.29, 0.717) is 5.95 Å². The van der Waals surface area contributed by atoms with Crippen LogP contribution in [0.2, 0.25) is 0 Å². The molecule has 0 atom stereocenters. The first-order valence-electron chi connectivity index (χ1n) is 10.5. The lowest BCUT2D eigenvalue weighted by molar-refractivity contribution is 0.416. The van der Waals surface area contributed by atoms with Crippen LogP contribution in [0.4, 0.5) is 17.3 Å². The minimum Gasteiger partial charge on any atom is -0.373 e. The van der Waals surface area contributed by atoms with Crippen LogP contribution in [0.3, 0.4) is 0 Å². The number of nitrogens with zero attached hydrogens (tertiary/aromatic N) is 5. The molecule has 0 unspecified atom stereocenters. The van der Waals surface area contributed by atoms with Crippen LogP contribution < -0.4 is 10.2 Å². The Bertz CT molecular complexity index is 1190. The highest BCUT2D eigenvalue weighted by Crippen LogP contribution is 2.30. The minimum atomic E-state index is 0.596. The number of aromatic nitrogens is 3. The lowest BCUT2D eigenvalue weighted by Gasteiger charge is -2.23. The van der Waals surface area contributed by atoms with Gasteiger partial charge in [0, 0.05) is 67.4 Å². The number of benzene rings is 2. The fraction of sp³-hybridized carbons (Fsp3) is 0.280. The van der Waals surface area contributed by atoms with Gasteiger partial charge in [-0.15, -0.1) is 0 Å². The summed E-state index contributed by atoms with van der Waals surface area (Å²) in [6.45, 7) is 4.14. The molecule has 0 saturated carbocycles. The van der Waals surface area contributed by atoms with Gasteiger partial charge in [-0.3, -0.25) is 0 Å². The Hall–Kier alpha value is -3.38. The van der Waals surface area contributed by atoms with Crippen molar-refractivity contribution in [2.75, 3.05) is 44.4 Å². The Morgan fingerprint density at radius 1 is 1.00 bits per heavy atom. The Balaban J connectivity index is 1.56.